The van der Waals surface area contributed by atoms with Gasteiger partial charge in [0, 0.05) is 10.1 Å². The van der Waals surface area contributed by atoms with Gasteiger partial charge in [0.25, 0.3) is 0 Å². The van der Waals surface area contributed by atoms with Gasteiger partial charge in [-0.05, 0) is 37.8 Å². The van der Waals surface area contributed by atoms with E-state index in [0.717, 1.165) is 12.8 Å². The van der Waals surface area contributed by atoms with E-state index < -0.39 is 11.5 Å². The molecule has 3 nitrogen and oxygen atoms in total. The predicted octanol–water partition coefficient (Wildman–Crippen LogP) is 2.64. The fraction of sp³-hybridized carbons (Fsp3) is 0.462. The summed E-state index contributed by atoms with van der Waals surface area (Å²) in [6, 6.07) is 6.55. The van der Waals surface area contributed by atoms with Gasteiger partial charge in [0.05, 0.1) is 0 Å². The Morgan fingerprint density at radius 3 is 2.89 bits per heavy atom. The highest BCUT2D eigenvalue weighted by Gasteiger charge is 2.39. The number of halogens is 1. The summed E-state index contributed by atoms with van der Waals surface area (Å²) < 4.78 is 13.5. The van der Waals surface area contributed by atoms with Crippen molar-refractivity contribution in [2.45, 2.75) is 41.4 Å². The molecule has 0 heterocycles. The molecule has 1 aliphatic carbocycles. The molecule has 0 radical (unpaired) electrons. The van der Waals surface area contributed by atoms with Crippen molar-refractivity contribution < 1.29 is 14.3 Å². The van der Waals surface area contributed by atoms with E-state index in [1.54, 1.807) is 18.2 Å². The van der Waals surface area contributed by atoms with Crippen molar-refractivity contribution in [3.8, 4) is 0 Å². The van der Waals surface area contributed by atoms with Gasteiger partial charge in [-0.2, -0.15) is 0 Å². The smallest absolute Gasteiger partial charge is 0.323 e. The predicted molar refractivity (Wildman–Crippen MR) is 69.1 cm³/mol. The first-order valence-electron chi connectivity index (χ1n) is 5.95. The summed E-state index contributed by atoms with van der Waals surface area (Å²) in [5.74, 6) is -1.22. The van der Waals surface area contributed by atoms with Crippen LogP contribution in [0.1, 0.15) is 25.7 Å². The van der Waals surface area contributed by atoms with E-state index >= 15 is 0 Å². The zero-order valence-corrected chi connectivity index (χ0v) is 10.8. The number of hydrogen-bond donors (Lipinski definition) is 2. The number of carboxylic acids is 1. The van der Waals surface area contributed by atoms with Gasteiger partial charge in [-0.1, -0.05) is 12.1 Å². The van der Waals surface area contributed by atoms with Crippen LogP contribution in [0.5, 0.6) is 0 Å². The van der Waals surface area contributed by atoms with Crippen LogP contribution in [0.15, 0.2) is 29.2 Å². The minimum absolute atomic E-state index is 0.0664. The molecule has 2 rings (SSSR count). The van der Waals surface area contributed by atoms with Crippen LogP contribution in [0.4, 0.5) is 4.39 Å². The molecule has 1 aromatic rings. The summed E-state index contributed by atoms with van der Waals surface area (Å²) >= 11 is 1.39. The van der Waals surface area contributed by atoms with E-state index in [1.807, 2.05) is 0 Å². The number of hydrogen-bond acceptors (Lipinski definition) is 3. The van der Waals surface area contributed by atoms with Crippen LogP contribution in [-0.2, 0) is 4.79 Å². The highest BCUT2D eigenvalue weighted by Crippen LogP contribution is 2.38. The lowest BCUT2D eigenvalue weighted by Crippen LogP contribution is -2.51. The maximum atomic E-state index is 13.5. The van der Waals surface area contributed by atoms with Gasteiger partial charge in [-0.3, -0.25) is 4.79 Å². The second-order valence-electron chi connectivity index (χ2n) is 4.73. The third kappa shape index (κ3) is 2.84. The number of rotatable bonds is 3. The first-order valence-corrected chi connectivity index (χ1v) is 6.83. The zero-order chi connectivity index (χ0) is 13.2. The molecule has 5 heteroatoms. The Kier molecular flexibility index (Phi) is 3.92. The Morgan fingerprint density at radius 1 is 1.50 bits per heavy atom. The lowest BCUT2D eigenvalue weighted by Gasteiger charge is -2.34. The van der Waals surface area contributed by atoms with Crippen molar-refractivity contribution in [2.75, 3.05) is 0 Å². The Labute approximate surface area is 110 Å². The molecule has 0 spiro atoms. The molecule has 0 aliphatic heterocycles. The number of benzene rings is 1. The van der Waals surface area contributed by atoms with E-state index in [1.165, 1.54) is 17.8 Å². The van der Waals surface area contributed by atoms with Crippen LogP contribution in [-0.4, -0.2) is 21.9 Å². The van der Waals surface area contributed by atoms with Gasteiger partial charge in [-0.15, -0.1) is 11.8 Å². The summed E-state index contributed by atoms with van der Waals surface area (Å²) in [7, 11) is 0. The van der Waals surface area contributed by atoms with Crippen LogP contribution in [0.2, 0.25) is 0 Å². The summed E-state index contributed by atoms with van der Waals surface area (Å²) in [4.78, 5) is 11.7. The van der Waals surface area contributed by atoms with Gasteiger partial charge < -0.3 is 10.8 Å². The third-order valence-corrected chi connectivity index (χ3v) is 4.62. The Hall–Kier alpha value is -1.07. The monoisotopic (exact) mass is 269 g/mol. The molecule has 2 unspecified atom stereocenters. The number of carboxylic acid groups (broad SMARTS) is 1. The normalized spacial score (nSPS) is 28.0. The SMILES string of the molecule is NC1(C(=O)O)CCCC(Sc2ccccc2F)C1. The van der Waals surface area contributed by atoms with Crippen molar-refractivity contribution in [2.24, 2.45) is 5.73 Å². The van der Waals surface area contributed by atoms with Gasteiger partial charge >= 0.3 is 5.97 Å². The molecule has 1 fully saturated rings. The van der Waals surface area contributed by atoms with Gasteiger partial charge in [-0.25, -0.2) is 4.39 Å². The van der Waals surface area contributed by atoms with Crippen LogP contribution < -0.4 is 5.73 Å². The molecular weight excluding hydrogens is 253 g/mol. The largest absolute Gasteiger partial charge is 0.480 e. The van der Waals surface area contributed by atoms with Gasteiger partial charge in [0.2, 0.25) is 0 Å². The second-order valence-corrected chi connectivity index (χ2v) is 6.07. The lowest BCUT2D eigenvalue weighted by molar-refractivity contribution is -0.144. The summed E-state index contributed by atoms with van der Waals surface area (Å²) in [5.41, 5.74) is 4.73. The van der Waals surface area contributed by atoms with Gasteiger partial charge in [0.15, 0.2) is 0 Å². The minimum Gasteiger partial charge on any atom is -0.480 e. The standard InChI is InChI=1S/C13H16FNO2S/c14-10-5-1-2-6-11(10)18-9-4-3-7-13(15,8-9)12(16)17/h1-2,5-6,9H,3-4,7-8,15H2,(H,16,17). The Morgan fingerprint density at radius 2 is 2.22 bits per heavy atom. The molecule has 3 N–H and O–H groups in total. The topological polar surface area (TPSA) is 63.3 Å². The van der Waals surface area contributed by atoms with Crippen molar-refractivity contribution in [3.05, 3.63) is 30.1 Å². The number of thioether (sulfide) groups is 1. The van der Waals surface area contributed by atoms with Crippen molar-refractivity contribution in [1.29, 1.82) is 0 Å². The molecule has 18 heavy (non-hydrogen) atoms. The fourth-order valence-corrected chi connectivity index (χ4v) is 3.63. The molecule has 1 saturated carbocycles. The first kappa shape index (κ1) is 13.4. The van der Waals surface area contributed by atoms with E-state index in [0.29, 0.717) is 17.7 Å². The molecule has 98 valence electrons. The van der Waals surface area contributed by atoms with Crippen molar-refractivity contribution >= 4 is 17.7 Å². The fourth-order valence-electron chi connectivity index (χ4n) is 2.27. The van der Waals surface area contributed by atoms with E-state index in [-0.39, 0.29) is 11.1 Å². The lowest BCUT2D eigenvalue weighted by atomic mass is 9.82. The number of carbonyl (C=O) groups is 1. The van der Waals surface area contributed by atoms with Crippen LogP contribution in [0.25, 0.3) is 0 Å². The molecular formula is C13H16FNO2S. The molecule has 1 aromatic carbocycles. The van der Waals surface area contributed by atoms with Crippen molar-refractivity contribution in [3.63, 3.8) is 0 Å². The van der Waals surface area contributed by atoms with Crippen LogP contribution >= 0.6 is 11.8 Å². The maximum absolute atomic E-state index is 13.5. The van der Waals surface area contributed by atoms with Crippen LogP contribution in [0, 0.1) is 5.82 Å². The molecule has 0 bridgehead atoms. The van der Waals surface area contributed by atoms with Crippen LogP contribution in [0.3, 0.4) is 0 Å². The first-order chi connectivity index (χ1) is 8.51. The molecule has 0 aromatic heterocycles. The second kappa shape index (κ2) is 5.28. The third-order valence-electron chi connectivity index (χ3n) is 3.30. The van der Waals surface area contributed by atoms with Gasteiger partial charge in [0.1, 0.15) is 11.4 Å². The molecule has 0 saturated heterocycles. The zero-order valence-electron chi connectivity index (χ0n) is 9.93. The summed E-state index contributed by atoms with van der Waals surface area (Å²) in [5, 5.41) is 9.19. The number of nitrogens with two attached hydrogens (primary N) is 1. The molecule has 2 atom stereocenters. The molecule has 1 aliphatic rings. The Balaban J connectivity index is 2.07. The minimum atomic E-state index is -1.15. The highest BCUT2D eigenvalue weighted by atomic mass is 32.2. The number of aliphatic carboxylic acids is 1. The summed E-state index contributed by atoms with van der Waals surface area (Å²) in [6.07, 6.45) is 2.54. The quantitative estimate of drug-likeness (QED) is 0.885. The average molecular weight is 269 g/mol. The van der Waals surface area contributed by atoms with E-state index in [9.17, 15) is 9.18 Å². The Bertz CT molecular complexity index is 454. The highest BCUT2D eigenvalue weighted by molar-refractivity contribution is 8.00. The molecule has 0 amide bonds. The maximum Gasteiger partial charge on any atom is 0.323 e. The average Bonchev–Trinajstić information content (AvgIpc) is 2.32. The van der Waals surface area contributed by atoms with Crippen molar-refractivity contribution in [1.82, 2.24) is 0 Å². The van der Waals surface area contributed by atoms with E-state index in [4.69, 9.17) is 10.8 Å². The van der Waals surface area contributed by atoms with E-state index in [2.05, 4.69) is 0 Å². The summed E-state index contributed by atoms with van der Waals surface area (Å²) in [6.45, 7) is 0.